The first-order valence-electron chi connectivity index (χ1n) is 4.35. The molecule has 0 aliphatic rings. The Morgan fingerprint density at radius 3 is 1.86 bits per heavy atom. The number of carbonyl (C=O) groups is 2. The van der Waals surface area contributed by atoms with Crippen molar-refractivity contribution in [2.75, 3.05) is 0 Å². The lowest BCUT2D eigenvalue weighted by Gasteiger charge is -2.31. The zero-order valence-electron chi connectivity index (χ0n) is 9.09. The number of hydrogen-bond acceptors (Lipinski definition) is 3. The van der Waals surface area contributed by atoms with E-state index in [2.05, 4.69) is 0 Å². The van der Waals surface area contributed by atoms with E-state index in [-0.39, 0.29) is 0 Å². The van der Waals surface area contributed by atoms with Crippen LogP contribution < -0.4 is 11.5 Å². The minimum absolute atomic E-state index is 0.332. The number of amides is 2. The second-order valence-electron chi connectivity index (χ2n) is 4.61. The Labute approximate surface area is 83.8 Å². The van der Waals surface area contributed by atoms with Crippen molar-refractivity contribution < 1.29 is 14.3 Å². The number of rotatable bonds is 4. The summed E-state index contributed by atoms with van der Waals surface area (Å²) in [5, 5.41) is 0. The van der Waals surface area contributed by atoms with Crippen LogP contribution in [-0.4, -0.2) is 17.6 Å². The van der Waals surface area contributed by atoms with Crippen LogP contribution in [0.25, 0.3) is 0 Å². The lowest BCUT2D eigenvalue weighted by molar-refractivity contribution is -0.129. The summed E-state index contributed by atoms with van der Waals surface area (Å²) in [5.74, 6) is -0.432. The lowest BCUT2D eigenvalue weighted by Crippen LogP contribution is -2.41. The van der Waals surface area contributed by atoms with Crippen molar-refractivity contribution in [3.8, 4) is 0 Å². The Morgan fingerprint density at radius 1 is 1.14 bits per heavy atom. The van der Waals surface area contributed by atoms with Crippen LogP contribution in [0.3, 0.4) is 0 Å². The molecule has 0 aromatic rings. The van der Waals surface area contributed by atoms with Crippen LogP contribution >= 0.6 is 0 Å². The van der Waals surface area contributed by atoms with Crippen molar-refractivity contribution in [1.82, 2.24) is 0 Å². The predicted octanol–water partition coefficient (Wildman–Crippen LogP) is 0.762. The Morgan fingerprint density at radius 2 is 1.57 bits per heavy atom. The molecule has 0 bridgehead atoms. The van der Waals surface area contributed by atoms with E-state index >= 15 is 0 Å². The molecule has 0 aromatic carbocycles. The Balaban J connectivity index is 4.49. The third-order valence-electron chi connectivity index (χ3n) is 1.91. The predicted molar refractivity (Wildman–Crippen MR) is 52.3 cm³/mol. The fraction of sp³-hybridized carbons (Fsp3) is 0.778. The first-order chi connectivity index (χ1) is 6.07. The summed E-state index contributed by atoms with van der Waals surface area (Å²) in [6.07, 6.45) is -0.520. The van der Waals surface area contributed by atoms with Crippen LogP contribution in [0.1, 0.15) is 34.1 Å². The first-order valence-corrected chi connectivity index (χ1v) is 4.35. The zero-order valence-corrected chi connectivity index (χ0v) is 9.09. The number of ether oxygens (including phenoxy) is 1. The molecule has 4 N–H and O–H groups in total. The molecule has 0 atom stereocenters. The molecular formula is C9H18N2O3. The second kappa shape index (κ2) is 3.86. The van der Waals surface area contributed by atoms with Gasteiger partial charge in [-0.2, -0.15) is 0 Å². The van der Waals surface area contributed by atoms with Crippen LogP contribution in [0.15, 0.2) is 0 Å². The molecule has 0 aromatic heterocycles. The Hall–Kier alpha value is -1.26. The molecule has 2 amide bonds. The standard InChI is InChI=1S/C9H18N2O3/c1-8(2,6(10)12)5-9(3,4)14-7(11)13/h5H2,1-4H3,(H2,10,12)(H2,11,13). The smallest absolute Gasteiger partial charge is 0.405 e. The van der Waals surface area contributed by atoms with Crippen LogP contribution in [0.5, 0.6) is 0 Å². The Kier molecular flexibility index (Phi) is 3.51. The van der Waals surface area contributed by atoms with Crippen molar-refractivity contribution in [1.29, 1.82) is 0 Å². The van der Waals surface area contributed by atoms with E-state index in [1.165, 1.54) is 0 Å². The second-order valence-corrected chi connectivity index (χ2v) is 4.61. The van der Waals surface area contributed by atoms with Crippen molar-refractivity contribution in [2.24, 2.45) is 16.9 Å². The molecule has 0 rings (SSSR count). The van der Waals surface area contributed by atoms with Crippen molar-refractivity contribution in [2.45, 2.75) is 39.7 Å². The normalized spacial score (nSPS) is 12.3. The number of primary amides is 2. The highest BCUT2D eigenvalue weighted by atomic mass is 16.6. The van der Waals surface area contributed by atoms with Gasteiger partial charge in [0.25, 0.3) is 0 Å². The van der Waals surface area contributed by atoms with Gasteiger partial charge in [-0.3, -0.25) is 4.79 Å². The SMILES string of the molecule is CC(C)(CC(C)(C)C(N)=O)OC(N)=O. The molecule has 0 spiro atoms. The highest BCUT2D eigenvalue weighted by molar-refractivity contribution is 5.80. The molecule has 0 aliphatic carbocycles. The van der Waals surface area contributed by atoms with Gasteiger partial charge in [0, 0.05) is 11.8 Å². The molecule has 0 saturated heterocycles. The number of nitrogens with two attached hydrogens (primary N) is 2. The minimum Gasteiger partial charge on any atom is -0.444 e. The average Bonchev–Trinajstić information content (AvgIpc) is 1.79. The molecule has 0 radical (unpaired) electrons. The quantitative estimate of drug-likeness (QED) is 0.704. The van der Waals surface area contributed by atoms with E-state index in [9.17, 15) is 9.59 Å². The summed E-state index contributed by atoms with van der Waals surface area (Å²) < 4.78 is 4.85. The molecular weight excluding hydrogens is 184 g/mol. The molecule has 5 nitrogen and oxygen atoms in total. The molecule has 0 heterocycles. The topological polar surface area (TPSA) is 95.4 Å². The fourth-order valence-electron chi connectivity index (χ4n) is 1.46. The van der Waals surface area contributed by atoms with Gasteiger partial charge in [-0.05, 0) is 13.8 Å². The van der Waals surface area contributed by atoms with E-state index in [0.29, 0.717) is 6.42 Å². The maximum absolute atomic E-state index is 11.0. The van der Waals surface area contributed by atoms with Crippen LogP contribution in [-0.2, 0) is 9.53 Å². The third-order valence-corrected chi connectivity index (χ3v) is 1.91. The summed E-state index contributed by atoms with van der Waals surface area (Å²) in [6.45, 7) is 6.76. The average molecular weight is 202 g/mol. The summed E-state index contributed by atoms with van der Waals surface area (Å²) in [7, 11) is 0. The highest BCUT2D eigenvalue weighted by Crippen LogP contribution is 2.29. The molecule has 5 heteroatoms. The lowest BCUT2D eigenvalue weighted by atomic mass is 9.81. The van der Waals surface area contributed by atoms with Crippen LogP contribution in [0, 0.1) is 5.41 Å². The van der Waals surface area contributed by atoms with E-state index in [4.69, 9.17) is 16.2 Å². The van der Waals surface area contributed by atoms with E-state index < -0.39 is 23.0 Å². The minimum atomic E-state index is -0.852. The molecule has 82 valence electrons. The molecule has 0 saturated carbocycles. The maximum Gasteiger partial charge on any atom is 0.405 e. The molecule has 0 unspecified atom stereocenters. The third kappa shape index (κ3) is 4.11. The van der Waals surface area contributed by atoms with Gasteiger partial charge in [-0.15, -0.1) is 0 Å². The van der Waals surface area contributed by atoms with Gasteiger partial charge in [0.05, 0.1) is 0 Å². The monoisotopic (exact) mass is 202 g/mol. The van der Waals surface area contributed by atoms with Crippen LogP contribution in [0.4, 0.5) is 4.79 Å². The summed E-state index contributed by atoms with van der Waals surface area (Å²) in [4.78, 5) is 21.6. The van der Waals surface area contributed by atoms with Crippen molar-refractivity contribution in [3.63, 3.8) is 0 Å². The van der Waals surface area contributed by atoms with E-state index in [0.717, 1.165) is 0 Å². The first kappa shape index (κ1) is 12.7. The number of hydrogen-bond donors (Lipinski definition) is 2. The number of carbonyl (C=O) groups excluding carboxylic acids is 2. The van der Waals surface area contributed by atoms with Gasteiger partial charge in [-0.1, -0.05) is 13.8 Å². The van der Waals surface area contributed by atoms with Gasteiger partial charge in [0.1, 0.15) is 5.60 Å². The van der Waals surface area contributed by atoms with E-state index in [1.807, 2.05) is 0 Å². The van der Waals surface area contributed by atoms with Crippen LogP contribution in [0.2, 0.25) is 0 Å². The van der Waals surface area contributed by atoms with Gasteiger partial charge >= 0.3 is 6.09 Å². The summed E-state index contributed by atoms with van der Waals surface area (Å²) in [5.41, 5.74) is 8.58. The fourth-order valence-corrected chi connectivity index (χ4v) is 1.46. The summed E-state index contributed by atoms with van der Waals surface area (Å²) in [6, 6.07) is 0. The largest absolute Gasteiger partial charge is 0.444 e. The zero-order chi connectivity index (χ0) is 11.6. The molecule has 14 heavy (non-hydrogen) atoms. The van der Waals surface area contributed by atoms with Gasteiger partial charge in [-0.25, -0.2) is 4.79 Å². The van der Waals surface area contributed by atoms with Gasteiger partial charge < -0.3 is 16.2 Å². The Bertz CT molecular complexity index is 246. The molecule has 0 aliphatic heterocycles. The van der Waals surface area contributed by atoms with Crippen molar-refractivity contribution >= 4 is 12.0 Å². The van der Waals surface area contributed by atoms with E-state index in [1.54, 1.807) is 27.7 Å². The molecule has 0 fully saturated rings. The van der Waals surface area contributed by atoms with Crippen molar-refractivity contribution in [3.05, 3.63) is 0 Å². The van der Waals surface area contributed by atoms with Gasteiger partial charge in [0.2, 0.25) is 5.91 Å². The van der Waals surface area contributed by atoms with Gasteiger partial charge in [0.15, 0.2) is 0 Å². The maximum atomic E-state index is 11.0. The summed E-state index contributed by atoms with van der Waals surface area (Å²) >= 11 is 0. The highest BCUT2D eigenvalue weighted by Gasteiger charge is 2.35.